The molecule has 1 aliphatic rings. The van der Waals surface area contributed by atoms with Gasteiger partial charge in [0.05, 0.1) is 10.8 Å². The van der Waals surface area contributed by atoms with Gasteiger partial charge in [0, 0.05) is 54.0 Å². The van der Waals surface area contributed by atoms with Crippen LogP contribution in [0, 0.1) is 6.92 Å². The topological polar surface area (TPSA) is 63.6 Å². The molecule has 2 aromatic carbocycles. The predicted molar refractivity (Wildman–Crippen MR) is 134 cm³/mol. The predicted octanol–water partition coefficient (Wildman–Crippen LogP) is 4.86. The van der Waals surface area contributed by atoms with Crippen molar-refractivity contribution in [1.29, 1.82) is 0 Å². The van der Waals surface area contributed by atoms with E-state index in [2.05, 4.69) is 9.88 Å². The Morgan fingerprint density at radius 2 is 2.03 bits per heavy atom. The van der Waals surface area contributed by atoms with Crippen LogP contribution in [0.25, 0.3) is 10.9 Å². The van der Waals surface area contributed by atoms with E-state index in [1.54, 1.807) is 11.0 Å². The van der Waals surface area contributed by atoms with E-state index in [0.29, 0.717) is 36.9 Å². The van der Waals surface area contributed by atoms with Gasteiger partial charge in [-0.1, -0.05) is 47.6 Å². The SMILES string of the molecule is CCOCCCNC(=O)[C@H]1c2c(n(C)c3ccccc23)SCC(=O)N1c1cccc(Cl)c1C. The highest BCUT2D eigenvalue weighted by Crippen LogP contribution is 2.44. The summed E-state index contributed by atoms with van der Waals surface area (Å²) in [4.78, 5) is 28.8. The summed E-state index contributed by atoms with van der Waals surface area (Å²) >= 11 is 7.89. The molecule has 0 spiro atoms. The highest BCUT2D eigenvalue weighted by Gasteiger charge is 2.40. The molecule has 8 heteroatoms. The number of fused-ring (bicyclic) bond motifs is 3. The van der Waals surface area contributed by atoms with Gasteiger partial charge in [-0.15, -0.1) is 0 Å². The fourth-order valence-corrected chi connectivity index (χ4v) is 5.55. The quantitative estimate of drug-likeness (QED) is 0.485. The number of benzene rings is 2. The molecule has 174 valence electrons. The standard InChI is InChI=1S/C25H28ClN3O3S/c1-4-32-14-8-13-27-24(31)23-22-17-9-5-6-11-20(17)28(3)25(22)33-15-21(30)29(23)19-12-7-10-18(26)16(19)2/h5-7,9-12,23H,4,8,13-15H2,1-3H3,(H,27,31)/t23-/m1/s1. The molecule has 0 saturated carbocycles. The number of carbonyl (C=O) groups is 2. The maximum atomic E-state index is 13.7. The van der Waals surface area contributed by atoms with E-state index in [9.17, 15) is 9.59 Å². The van der Waals surface area contributed by atoms with E-state index >= 15 is 0 Å². The number of hydrogen-bond acceptors (Lipinski definition) is 4. The van der Waals surface area contributed by atoms with Crippen LogP contribution in [-0.2, 0) is 21.4 Å². The Morgan fingerprint density at radius 3 is 2.82 bits per heavy atom. The molecule has 1 N–H and O–H groups in total. The lowest BCUT2D eigenvalue weighted by molar-refractivity contribution is -0.125. The van der Waals surface area contributed by atoms with Crippen molar-refractivity contribution >= 4 is 51.8 Å². The first-order chi connectivity index (χ1) is 16.0. The third-order valence-corrected chi connectivity index (χ3v) is 7.51. The zero-order valence-corrected chi connectivity index (χ0v) is 20.6. The fourth-order valence-electron chi connectivity index (χ4n) is 4.32. The smallest absolute Gasteiger partial charge is 0.247 e. The van der Waals surface area contributed by atoms with Crippen molar-refractivity contribution in [2.45, 2.75) is 31.3 Å². The van der Waals surface area contributed by atoms with Gasteiger partial charge in [0.2, 0.25) is 11.8 Å². The molecule has 33 heavy (non-hydrogen) atoms. The summed E-state index contributed by atoms with van der Waals surface area (Å²) in [5.41, 5.74) is 3.31. The van der Waals surface area contributed by atoms with Crippen LogP contribution in [0.5, 0.6) is 0 Å². The fraction of sp³-hybridized carbons (Fsp3) is 0.360. The lowest BCUT2D eigenvalue weighted by Gasteiger charge is -2.31. The molecule has 0 unspecified atom stereocenters. The van der Waals surface area contributed by atoms with Crippen molar-refractivity contribution in [3.63, 3.8) is 0 Å². The summed E-state index contributed by atoms with van der Waals surface area (Å²) in [6.45, 7) is 5.51. The summed E-state index contributed by atoms with van der Waals surface area (Å²) in [5.74, 6) is -0.100. The van der Waals surface area contributed by atoms with Gasteiger partial charge < -0.3 is 14.6 Å². The second kappa shape index (κ2) is 10.2. The number of aromatic nitrogens is 1. The maximum absolute atomic E-state index is 13.7. The van der Waals surface area contributed by atoms with Crippen LogP contribution in [0.1, 0.15) is 30.5 Å². The number of para-hydroxylation sites is 1. The first-order valence-corrected chi connectivity index (χ1v) is 12.4. The molecule has 2 amide bonds. The maximum Gasteiger partial charge on any atom is 0.247 e. The van der Waals surface area contributed by atoms with Crippen molar-refractivity contribution in [1.82, 2.24) is 9.88 Å². The Hall–Kier alpha value is -2.48. The van der Waals surface area contributed by atoms with Gasteiger partial charge in [-0.25, -0.2) is 0 Å². The number of carbonyl (C=O) groups excluding carboxylic acids is 2. The third-order valence-electron chi connectivity index (χ3n) is 5.94. The Kier molecular flexibility index (Phi) is 7.32. The minimum Gasteiger partial charge on any atom is -0.382 e. The van der Waals surface area contributed by atoms with Crippen molar-refractivity contribution in [2.24, 2.45) is 7.05 Å². The van der Waals surface area contributed by atoms with Gasteiger partial charge in [0.15, 0.2) is 0 Å². The number of nitrogens with zero attached hydrogens (tertiary/aromatic N) is 2. The van der Waals surface area contributed by atoms with E-state index in [0.717, 1.165) is 27.1 Å². The number of amides is 2. The molecule has 0 fully saturated rings. The van der Waals surface area contributed by atoms with Gasteiger partial charge >= 0.3 is 0 Å². The molecule has 1 aliphatic heterocycles. The Balaban J connectivity index is 1.85. The number of aryl methyl sites for hydroxylation is 1. The zero-order chi connectivity index (χ0) is 23.5. The molecule has 1 aromatic heterocycles. The van der Waals surface area contributed by atoms with Crippen molar-refractivity contribution < 1.29 is 14.3 Å². The highest BCUT2D eigenvalue weighted by atomic mass is 35.5. The average molecular weight is 486 g/mol. The summed E-state index contributed by atoms with van der Waals surface area (Å²) in [6.07, 6.45) is 0.702. The number of hydrogen-bond donors (Lipinski definition) is 1. The first-order valence-electron chi connectivity index (χ1n) is 11.1. The second-order valence-electron chi connectivity index (χ2n) is 7.98. The third kappa shape index (κ3) is 4.50. The molecule has 6 nitrogen and oxygen atoms in total. The molecular weight excluding hydrogens is 458 g/mol. The second-order valence-corrected chi connectivity index (χ2v) is 9.35. The summed E-state index contributed by atoms with van der Waals surface area (Å²) in [7, 11) is 1.98. The van der Waals surface area contributed by atoms with Gasteiger partial charge in [-0.3, -0.25) is 14.5 Å². The summed E-state index contributed by atoms with van der Waals surface area (Å²) < 4.78 is 7.47. The van der Waals surface area contributed by atoms with E-state index < -0.39 is 6.04 Å². The van der Waals surface area contributed by atoms with Crippen LogP contribution in [0.15, 0.2) is 47.5 Å². The lowest BCUT2D eigenvalue weighted by atomic mass is 10.0. The van der Waals surface area contributed by atoms with E-state index in [1.807, 2.05) is 57.3 Å². The lowest BCUT2D eigenvalue weighted by Crippen LogP contribution is -2.44. The van der Waals surface area contributed by atoms with Crippen molar-refractivity contribution in [3.05, 3.63) is 58.6 Å². The Bertz CT molecular complexity index is 1190. The molecule has 4 rings (SSSR count). The number of anilines is 1. The Morgan fingerprint density at radius 1 is 1.24 bits per heavy atom. The average Bonchev–Trinajstić information content (AvgIpc) is 2.99. The van der Waals surface area contributed by atoms with E-state index in [-0.39, 0.29) is 17.6 Å². The van der Waals surface area contributed by atoms with Gasteiger partial charge in [-0.05, 0) is 44.0 Å². The normalized spacial score (nSPS) is 16.1. The minimum atomic E-state index is -0.808. The first kappa shape index (κ1) is 23.7. The molecule has 1 atom stereocenters. The minimum absolute atomic E-state index is 0.125. The van der Waals surface area contributed by atoms with Crippen LogP contribution in [0.3, 0.4) is 0 Å². The molecule has 3 aromatic rings. The number of nitrogens with one attached hydrogen (secondary N) is 1. The molecule has 0 radical (unpaired) electrons. The molecule has 0 saturated heterocycles. The van der Waals surface area contributed by atoms with Crippen molar-refractivity contribution in [3.8, 4) is 0 Å². The van der Waals surface area contributed by atoms with Gasteiger partial charge in [-0.2, -0.15) is 0 Å². The van der Waals surface area contributed by atoms with E-state index in [4.69, 9.17) is 16.3 Å². The van der Waals surface area contributed by atoms with Crippen LogP contribution >= 0.6 is 23.4 Å². The van der Waals surface area contributed by atoms with Crippen LogP contribution < -0.4 is 10.2 Å². The molecular formula is C25H28ClN3O3S. The number of thioether (sulfide) groups is 1. The number of halogens is 1. The Labute approximate surface area is 203 Å². The summed E-state index contributed by atoms with van der Waals surface area (Å²) in [5, 5.41) is 5.51. The number of rotatable bonds is 7. The van der Waals surface area contributed by atoms with E-state index in [1.165, 1.54) is 11.8 Å². The summed E-state index contributed by atoms with van der Waals surface area (Å²) in [6, 6.07) is 12.7. The number of ether oxygens (including phenoxy) is 1. The molecule has 2 heterocycles. The molecule has 0 bridgehead atoms. The van der Waals surface area contributed by atoms with Crippen LogP contribution in [-0.4, -0.2) is 41.9 Å². The monoisotopic (exact) mass is 485 g/mol. The van der Waals surface area contributed by atoms with Crippen LogP contribution in [0.2, 0.25) is 5.02 Å². The largest absolute Gasteiger partial charge is 0.382 e. The van der Waals surface area contributed by atoms with Crippen LogP contribution in [0.4, 0.5) is 5.69 Å². The van der Waals surface area contributed by atoms with Gasteiger partial charge in [0.1, 0.15) is 6.04 Å². The van der Waals surface area contributed by atoms with Crippen molar-refractivity contribution in [2.75, 3.05) is 30.4 Å². The highest BCUT2D eigenvalue weighted by molar-refractivity contribution is 8.00. The molecule has 0 aliphatic carbocycles. The zero-order valence-electron chi connectivity index (χ0n) is 19.1. The van der Waals surface area contributed by atoms with Gasteiger partial charge in [0.25, 0.3) is 0 Å².